The third-order valence-corrected chi connectivity index (χ3v) is 3.63. The molecule has 16 heavy (non-hydrogen) atoms. The van der Waals surface area contributed by atoms with Crippen LogP contribution in [-0.4, -0.2) is 4.98 Å². The lowest BCUT2D eigenvalue weighted by Gasteiger charge is -2.09. The first-order valence-corrected chi connectivity index (χ1v) is 6.20. The maximum atomic E-state index is 6.15. The summed E-state index contributed by atoms with van der Waals surface area (Å²) in [4.78, 5) is 5.40. The molecule has 1 aromatic carbocycles. The molecule has 0 amide bonds. The zero-order chi connectivity index (χ0) is 11.5. The van der Waals surface area contributed by atoms with Crippen LogP contribution in [0.3, 0.4) is 0 Å². The van der Waals surface area contributed by atoms with Crippen molar-refractivity contribution in [3.05, 3.63) is 51.5 Å². The van der Waals surface area contributed by atoms with Crippen LogP contribution in [0.25, 0.3) is 0 Å². The first kappa shape index (κ1) is 11.3. The van der Waals surface area contributed by atoms with Crippen LogP contribution in [0.5, 0.6) is 0 Å². The van der Waals surface area contributed by atoms with Crippen LogP contribution >= 0.6 is 11.3 Å². The lowest BCUT2D eigenvalue weighted by atomic mass is 10.0. The van der Waals surface area contributed by atoms with Crippen LogP contribution < -0.4 is 5.73 Å². The number of hydrogen-bond donors (Lipinski definition) is 1. The summed E-state index contributed by atoms with van der Waals surface area (Å²) in [6.07, 6.45) is 2.76. The molecule has 0 aliphatic heterocycles. The minimum Gasteiger partial charge on any atom is -0.323 e. The molecule has 1 unspecified atom stereocenters. The molecule has 0 fully saturated rings. The zero-order valence-corrected chi connectivity index (χ0v) is 10.4. The molecular weight excluding hydrogens is 216 g/mol. The highest BCUT2D eigenvalue weighted by Crippen LogP contribution is 2.21. The molecule has 1 atom stereocenters. The second-order valence-corrected chi connectivity index (χ2v) is 5.34. The molecule has 2 N–H and O–H groups in total. The van der Waals surface area contributed by atoms with E-state index in [-0.39, 0.29) is 6.04 Å². The van der Waals surface area contributed by atoms with Crippen molar-refractivity contribution in [2.75, 3.05) is 0 Å². The van der Waals surface area contributed by atoms with Crippen LogP contribution in [0.4, 0.5) is 0 Å². The molecule has 0 saturated heterocycles. The average Bonchev–Trinajstić information content (AvgIpc) is 2.68. The normalized spacial score (nSPS) is 12.7. The number of nitrogens with zero attached hydrogens (tertiary/aromatic N) is 1. The average molecular weight is 232 g/mol. The highest BCUT2D eigenvalue weighted by atomic mass is 32.1. The Morgan fingerprint density at radius 1 is 1.25 bits per heavy atom. The Kier molecular flexibility index (Phi) is 3.36. The van der Waals surface area contributed by atoms with Gasteiger partial charge in [-0.25, -0.2) is 4.98 Å². The third kappa shape index (κ3) is 2.68. The van der Waals surface area contributed by atoms with E-state index in [0.29, 0.717) is 0 Å². The summed E-state index contributed by atoms with van der Waals surface area (Å²) in [6, 6.07) is 8.60. The Hall–Kier alpha value is -1.19. The second-order valence-electron chi connectivity index (χ2n) is 4.08. The largest absolute Gasteiger partial charge is 0.323 e. The molecule has 0 saturated carbocycles. The van der Waals surface area contributed by atoms with Gasteiger partial charge in [-0.05, 0) is 25.8 Å². The zero-order valence-electron chi connectivity index (χ0n) is 9.60. The summed E-state index contributed by atoms with van der Waals surface area (Å²) in [5.74, 6) is 0. The Bertz CT molecular complexity index is 459. The van der Waals surface area contributed by atoms with E-state index in [1.165, 1.54) is 11.1 Å². The number of thiazole rings is 1. The number of aromatic nitrogens is 1. The van der Waals surface area contributed by atoms with Crippen molar-refractivity contribution in [2.45, 2.75) is 26.3 Å². The van der Waals surface area contributed by atoms with Gasteiger partial charge in [0, 0.05) is 17.1 Å². The summed E-state index contributed by atoms with van der Waals surface area (Å²) in [6.45, 7) is 4.10. The molecule has 1 aromatic heterocycles. The van der Waals surface area contributed by atoms with E-state index in [2.05, 4.69) is 36.2 Å². The maximum absolute atomic E-state index is 6.15. The molecule has 0 radical (unpaired) electrons. The van der Waals surface area contributed by atoms with E-state index < -0.39 is 0 Å². The highest BCUT2D eigenvalue weighted by Gasteiger charge is 2.09. The quantitative estimate of drug-likeness (QED) is 0.883. The minimum atomic E-state index is 0.0638. The van der Waals surface area contributed by atoms with Gasteiger partial charge < -0.3 is 5.73 Å². The standard InChI is InChI=1S/C13H16N2S/c1-9-3-5-11(6-4-9)7-12(14)13-8-15-10(2)16-13/h3-6,8,12H,7,14H2,1-2H3. The molecular formula is C13H16N2S. The van der Waals surface area contributed by atoms with E-state index in [9.17, 15) is 0 Å². The van der Waals surface area contributed by atoms with Gasteiger partial charge in [-0.2, -0.15) is 0 Å². The van der Waals surface area contributed by atoms with Crippen LogP contribution in [-0.2, 0) is 6.42 Å². The third-order valence-electron chi connectivity index (χ3n) is 2.58. The van der Waals surface area contributed by atoms with Crippen molar-refractivity contribution >= 4 is 11.3 Å². The summed E-state index contributed by atoms with van der Waals surface area (Å²) < 4.78 is 0. The van der Waals surface area contributed by atoms with Gasteiger partial charge in [-0.1, -0.05) is 29.8 Å². The van der Waals surface area contributed by atoms with Gasteiger partial charge in [-0.3, -0.25) is 0 Å². The monoisotopic (exact) mass is 232 g/mol. The second kappa shape index (κ2) is 4.76. The topological polar surface area (TPSA) is 38.9 Å². The minimum absolute atomic E-state index is 0.0638. The van der Waals surface area contributed by atoms with E-state index in [1.54, 1.807) is 11.3 Å². The van der Waals surface area contributed by atoms with Gasteiger partial charge >= 0.3 is 0 Å². The van der Waals surface area contributed by atoms with Gasteiger partial charge in [0.2, 0.25) is 0 Å². The van der Waals surface area contributed by atoms with Gasteiger partial charge in [-0.15, -0.1) is 11.3 Å². The maximum Gasteiger partial charge on any atom is 0.0897 e. The molecule has 3 heteroatoms. The van der Waals surface area contributed by atoms with E-state index in [0.717, 1.165) is 16.3 Å². The smallest absolute Gasteiger partial charge is 0.0897 e. The van der Waals surface area contributed by atoms with Crippen molar-refractivity contribution in [1.29, 1.82) is 0 Å². The fraction of sp³-hybridized carbons (Fsp3) is 0.308. The van der Waals surface area contributed by atoms with E-state index in [1.807, 2.05) is 13.1 Å². The number of rotatable bonds is 3. The number of hydrogen-bond acceptors (Lipinski definition) is 3. The molecule has 2 rings (SSSR count). The fourth-order valence-corrected chi connectivity index (χ4v) is 2.41. The summed E-state index contributed by atoms with van der Waals surface area (Å²) in [7, 11) is 0. The lowest BCUT2D eigenvalue weighted by Crippen LogP contribution is -2.11. The highest BCUT2D eigenvalue weighted by molar-refractivity contribution is 7.11. The summed E-state index contributed by atoms with van der Waals surface area (Å²) in [5.41, 5.74) is 8.71. The van der Waals surface area contributed by atoms with Crippen LogP contribution in [0, 0.1) is 13.8 Å². The van der Waals surface area contributed by atoms with Crippen molar-refractivity contribution in [1.82, 2.24) is 4.98 Å². The van der Waals surface area contributed by atoms with Crippen LogP contribution in [0.2, 0.25) is 0 Å². The first-order valence-electron chi connectivity index (χ1n) is 5.38. The SMILES string of the molecule is Cc1ccc(CC(N)c2cnc(C)s2)cc1. The Morgan fingerprint density at radius 3 is 2.50 bits per heavy atom. The van der Waals surface area contributed by atoms with E-state index in [4.69, 9.17) is 5.73 Å². The molecule has 2 aromatic rings. The molecule has 2 nitrogen and oxygen atoms in total. The van der Waals surface area contributed by atoms with Crippen molar-refractivity contribution in [2.24, 2.45) is 5.73 Å². The van der Waals surface area contributed by atoms with Crippen molar-refractivity contribution < 1.29 is 0 Å². The molecule has 0 aliphatic rings. The van der Waals surface area contributed by atoms with Crippen LogP contribution in [0.1, 0.15) is 27.1 Å². The van der Waals surface area contributed by atoms with Gasteiger partial charge in [0.1, 0.15) is 0 Å². The van der Waals surface area contributed by atoms with Gasteiger partial charge in [0.25, 0.3) is 0 Å². The Labute approximate surface area is 100 Å². The molecule has 0 aliphatic carbocycles. The van der Waals surface area contributed by atoms with Crippen molar-refractivity contribution in [3.63, 3.8) is 0 Å². The molecule has 0 bridgehead atoms. The number of aryl methyl sites for hydroxylation is 2. The molecule has 1 heterocycles. The number of benzene rings is 1. The van der Waals surface area contributed by atoms with Crippen LogP contribution in [0.15, 0.2) is 30.5 Å². The van der Waals surface area contributed by atoms with Gasteiger partial charge in [0.05, 0.1) is 5.01 Å². The van der Waals surface area contributed by atoms with Gasteiger partial charge in [0.15, 0.2) is 0 Å². The number of nitrogens with two attached hydrogens (primary N) is 1. The van der Waals surface area contributed by atoms with E-state index >= 15 is 0 Å². The Balaban J connectivity index is 2.07. The molecule has 0 spiro atoms. The molecule has 84 valence electrons. The predicted molar refractivity (Wildman–Crippen MR) is 68.7 cm³/mol. The summed E-state index contributed by atoms with van der Waals surface area (Å²) in [5, 5.41) is 1.08. The predicted octanol–water partition coefficient (Wildman–Crippen LogP) is 3.00. The fourth-order valence-electron chi connectivity index (χ4n) is 1.63. The van der Waals surface area contributed by atoms with Crippen molar-refractivity contribution in [3.8, 4) is 0 Å². The summed E-state index contributed by atoms with van der Waals surface area (Å²) >= 11 is 1.68. The lowest BCUT2D eigenvalue weighted by molar-refractivity contribution is 0.734. The Morgan fingerprint density at radius 2 is 1.94 bits per heavy atom. The first-order chi connectivity index (χ1) is 7.65.